The standard InChI is InChI=1S/C24H25FN2O2/c1-17(21-8-4-6-18-5-2-3-7-22(18)21)26-24(28)16-27-13-14-29-23(15-27)19-9-11-20(25)12-10-19/h2-12,17,23H,13-16H2,1H3,(H,26,28). The van der Waals surface area contributed by atoms with Gasteiger partial charge in [-0.25, -0.2) is 4.39 Å². The number of nitrogens with zero attached hydrogens (tertiary/aromatic N) is 1. The number of benzene rings is 3. The first kappa shape index (κ1) is 19.6. The molecule has 150 valence electrons. The molecule has 1 N–H and O–H groups in total. The van der Waals surface area contributed by atoms with Crippen molar-refractivity contribution in [3.05, 3.63) is 83.7 Å². The van der Waals surface area contributed by atoms with Crippen LogP contribution in [-0.2, 0) is 9.53 Å². The van der Waals surface area contributed by atoms with Crippen molar-refractivity contribution < 1.29 is 13.9 Å². The van der Waals surface area contributed by atoms with E-state index in [1.54, 1.807) is 12.1 Å². The molecule has 3 aromatic rings. The van der Waals surface area contributed by atoms with Gasteiger partial charge in [-0.15, -0.1) is 0 Å². The fourth-order valence-corrected chi connectivity index (χ4v) is 3.92. The number of ether oxygens (including phenoxy) is 1. The van der Waals surface area contributed by atoms with Crippen LogP contribution in [0.2, 0.25) is 0 Å². The van der Waals surface area contributed by atoms with Crippen LogP contribution in [0, 0.1) is 5.82 Å². The third-order valence-corrected chi connectivity index (χ3v) is 5.43. The third-order valence-electron chi connectivity index (χ3n) is 5.43. The summed E-state index contributed by atoms with van der Waals surface area (Å²) in [6, 6.07) is 20.7. The van der Waals surface area contributed by atoms with E-state index in [-0.39, 0.29) is 23.9 Å². The molecule has 1 amide bonds. The highest BCUT2D eigenvalue weighted by Crippen LogP contribution is 2.25. The first-order valence-corrected chi connectivity index (χ1v) is 9.96. The number of amides is 1. The van der Waals surface area contributed by atoms with E-state index in [9.17, 15) is 9.18 Å². The second-order valence-electron chi connectivity index (χ2n) is 7.50. The molecule has 2 unspecified atom stereocenters. The molecule has 1 heterocycles. The summed E-state index contributed by atoms with van der Waals surface area (Å²) in [6.45, 7) is 4.19. The van der Waals surface area contributed by atoms with Crippen molar-refractivity contribution in [3.63, 3.8) is 0 Å². The smallest absolute Gasteiger partial charge is 0.234 e. The highest BCUT2D eigenvalue weighted by Gasteiger charge is 2.24. The summed E-state index contributed by atoms with van der Waals surface area (Å²) >= 11 is 0. The Kier molecular flexibility index (Phi) is 5.88. The molecule has 29 heavy (non-hydrogen) atoms. The number of carbonyl (C=O) groups excluding carboxylic acids is 1. The Bertz CT molecular complexity index is 984. The van der Waals surface area contributed by atoms with Gasteiger partial charge in [0.15, 0.2) is 0 Å². The van der Waals surface area contributed by atoms with Gasteiger partial charge in [0.05, 0.1) is 25.3 Å². The maximum atomic E-state index is 13.2. The van der Waals surface area contributed by atoms with E-state index in [1.165, 1.54) is 17.5 Å². The molecule has 0 bridgehead atoms. The maximum absolute atomic E-state index is 13.2. The molecule has 2 atom stereocenters. The summed E-state index contributed by atoms with van der Waals surface area (Å²) in [5.41, 5.74) is 2.04. The van der Waals surface area contributed by atoms with E-state index in [0.717, 1.165) is 16.5 Å². The molecule has 0 saturated carbocycles. The zero-order chi connectivity index (χ0) is 20.2. The Labute approximate surface area is 170 Å². The van der Waals surface area contributed by atoms with Gasteiger partial charge in [-0.1, -0.05) is 54.6 Å². The molecule has 1 fully saturated rings. The van der Waals surface area contributed by atoms with Crippen molar-refractivity contribution in [1.82, 2.24) is 10.2 Å². The van der Waals surface area contributed by atoms with Crippen molar-refractivity contribution >= 4 is 16.7 Å². The Hall–Kier alpha value is -2.76. The lowest BCUT2D eigenvalue weighted by atomic mass is 10.00. The van der Waals surface area contributed by atoms with Crippen LogP contribution in [0.25, 0.3) is 10.8 Å². The van der Waals surface area contributed by atoms with Gasteiger partial charge in [-0.3, -0.25) is 9.69 Å². The van der Waals surface area contributed by atoms with Crippen LogP contribution in [-0.4, -0.2) is 37.0 Å². The van der Waals surface area contributed by atoms with Crippen molar-refractivity contribution in [2.24, 2.45) is 0 Å². The van der Waals surface area contributed by atoms with Gasteiger partial charge in [0.2, 0.25) is 5.91 Å². The molecular formula is C24H25FN2O2. The molecule has 1 aliphatic heterocycles. The van der Waals surface area contributed by atoms with Gasteiger partial charge in [0.25, 0.3) is 0 Å². The lowest BCUT2D eigenvalue weighted by Crippen LogP contribution is -2.44. The van der Waals surface area contributed by atoms with Crippen LogP contribution >= 0.6 is 0 Å². The van der Waals surface area contributed by atoms with E-state index in [2.05, 4.69) is 34.5 Å². The Morgan fingerprint density at radius 1 is 1.14 bits per heavy atom. The SMILES string of the molecule is CC(NC(=O)CN1CCOC(c2ccc(F)cc2)C1)c1cccc2ccccc12. The van der Waals surface area contributed by atoms with E-state index >= 15 is 0 Å². The van der Waals surface area contributed by atoms with E-state index in [4.69, 9.17) is 4.74 Å². The van der Waals surface area contributed by atoms with Crippen LogP contribution < -0.4 is 5.32 Å². The minimum absolute atomic E-state index is 0.00908. The normalized spacial score (nSPS) is 18.5. The summed E-state index contributed by atoms with van der Waals surface area (Å²) in [4.78, 5) is 14.8. The zero-order valence-electron chi connectivity index (χ0n) is 16.5. The fourth-order valence-electron chi connectivity index (χ4n) is 3.92. The molecule has 0 aromatic heterocycles. The van der Waals surface area contributed by atoms with E-state index < -0.39 is 0 Å². The molecule has 4 rings (SSSR count). The lowest BCUT2D eigenvalue weighted by Gasteiger charge is -2.33. The number of hydrogen-bond acceptors (Lipinski definition) is 3. The lowest BCUT2D eigenvalue weighted by molar-refractivity contribution is -0.125. The van der Waals surface area contributed by atoms with Gasteiger partial charge in [0, 0.05) is 13.1 Å². The minimum atomic E-state index is -0.261. The highest BCUT2D eigenvalue weighted by molar-refractivity contribution is 5.87. The number of halogens is 1. The first-order chi connectivity index (χ1) is 14.1. The summed E-state index contributed by atoms with van der Waals surface area (Å²) < 4.78 is 19.0. The summed E-state index contributed by atoms with van der Waals surface area (Å²) in [5.74, 6) is -0.270. The van der Waals surface area contributed by atoms with Crippen molar-refractivity contribution in [1.29, 1.82) is 0 Å². The molecule has 0 aliphatic carbocycles. The monoisotopic (exact) mass is 392 g/mol. The van der Waals surface area contributed by atoms with Crippen molar-refractivity contribution in [2.45, 2.75) is 19.1 Å². The molecule has 0 spiro atoms. The Morgan fingerprint density at radius 3 is 2.72 bits per heavy atom. The highest BCUT2D eigenvalue weighted by atomic mass is 19.1. The number of hydrogen-bond donors (Lipinski definition) is 1. The van der Waals surface area contributed by atoms with Crippen LogP contribution in [0.1, 0.15) is 30.2 Å². The fraction of sp³-hybridized carbons (Fsp3) is 0.292. The Morgan fingerprint density at radius 2 is 1.90 bits per heavy atom. The van der Waals surface area contributed by atoms with Gasteiger partial charge < -0.3 is 10.1 Å². The largest absolute Gasteiger partial charge is 0.371 e. The summed E-state index contributed by atoms with van der Waals surface area (Å²) in [5, 5.41) is 5.45. The topological polar surface area (TPSA) is 41.6 Å². The molecule has 4 nitrogen and oxygen atoms in total. The van der Waals surface area contributed by atoms with Gasteiger partial charge >= 0.3 is 0 Å². The number of nitrogens with one attached hydrogen (secondary N) is 1. The summed E-state index contributed by atoms with van der Waals surface area (Å²) in [7, 11) is 0. The van der Waals surface area contributed by atoms with Gasteiger partial charge in [-0.2, -0.15) is 0 Å². The van der Waals surface area contributed by atoms with E-state index in [0.29, 0.717) is 26.2 Å². The van der Waals surface area contributed by atoms with Crippen LogP contribution in [0.15, 0.2) is 66.7 Å². The van der Waals surface area contributed by atoms with Crippen molar-refractivity contribution in [2.75, 3.05) is 26.2 Å². The minimum Gasteiger partial charge on any atom is -0.371 e. The predicted molar refractivity (Wildman–Crippen MR) is 112 cm³/mol. The summed E-state index contributed by atoms with van der Waals surface area (Å²) in [6.07, 6.45) is -0.146. The van der Waals surface area contributed by atoms with Gasteiger partial charge in [-0.05, 0) is 41.0 Å². The predicted octanol–water partition coefficient (Wildman–Crippen LogP) is 4.23. The van der Waals surface area contributed by atoms with Crippen LogP contribution in [0.5, 0.6) is 0 Å². The molecule has 0 radical (unpaired) electrons. The second kappa shape index (κ2) is 8.72. The molecule has 1 saturated heterocycles. The number of carbonyl (C=O) groups is 1. The van der Waals surface area contributed by atoms with E-state index in [1.807, 2.05) is 25.1 Å². The Balaban J connectivity index is 1.38. The first-order valence-electron chi connectivity index (χ1n) is 9.96. The average molecular weight is 392 g/mol. The van der Waals surface area contributed by atoms with Crippen molar-refractivity contribution in [3.8, 4) is 0 Å². The number of rotatable bonds is 5. The zero-order valence-corrected chi connectivity index (χ0v) is 16.5. The van der Waals surface area contributed by atoms with Crippen LogP contribution in [0.3, 0.4) is 0 Å². The average Bonchev–Trinajstić information content (AvgIpc) is 2.74. The molecular weight excluding hydrogens is 367 g/mol. The third kappa shape index (κ3) is 4.63. The quantitative estimate of drug-likeness (QED) is 0.707. The maximum Gasteiger partial charge on any atom is 0.234 e. The molecule has 5 heteroatoms. The number of morpholine rings is 1. The van der Waals surface area contributed by atoms with Crippen LogP contribution in [0.4, 0.5) is 4.39 Å². The molecule has 1 aliphatic rings. The van der Waals surface area contributed by atoms with Gasteiger partial charge in [0.1, 0.15) is 5.82 Å². The second-order valence-corrected chi connectivity index (χ2v) is 7.50. The molecule has 3 aromatic carbocycles. The number of fused-ring (bicyclic) bond motifs is 1.